The smallest absolute Gasteiger partial charge is 0.481 e. The number of carbonyl (C=O) groups excluding carboxylic acids is 1. The fraction of sp³-hybridized carbons (Fsp3) is 0.250. The van der Waals surface area contributed by atoms with Crippen molar-refractivity contribution in [1.29, 1.82) is 0 Å². The summed E-state index contributed by atoms with van der Waals surface area (Å²) in [4.78, 5) is 23.2. The van der Waals surface area contributed by atoms with E-state index in [1.807, 2.05) is 0 Å². The van der Waals surface area contributed by atoms with E-state index in [0.717, 1.165) is 12.1 Å². The number of halogens is 3. The fourth-order valence-electron chi connectivity index (χ4n) is 2.19. The van der Waals surface area contributed by atoms with Gasteiger partial charge < -0.3 is 19.6 Å². The molecule has 0 spiro atoms. The van der Waals surface area contributed by atoms with Crippen LogP contribution in [-0.4, -0.2) is 23.3 Å². The standard InChI is InChI=1S/C16H14F3NO5/c1-9-12(6-7-24-9)15(23)20-13(8-14(21)22)10-2-4-11(5-3-10)25-16(17,18)19/h2-7,13H,8H2,1H3,(H,20,23)(H,21,22). The van der Waals surface area contributed by atoms with Crippen LogP contribution < -0.4 is 10.1 Å². The van der Waals surface area contributed by atoms with Gasteiger partial charge in [-0.15, -0.1) is 13.2 Å². The van der Waals surface area contributed by atoms with E-state index in [0.29, 0.717) is 11.3 Å². The van der Waals surface area contributed by atoms with Gasteiger partial charge in [0.2, 0.25) is 0 Å². The second-order valence-corrected chi connectivity index (χ2v) is 5.13. The Hall–Kier alpha value is -2.97. The number of hydrogen-bond acceptors (Lipinski definition) is 4. The van der Waals surface area contributed by atoms with Crippen LogP contribution in [0.25, 0.3) is 0 Å². The molecule has 1 heterocycles. The van der Waals surface area contributed by atoms with Crippen LogP contribution >= 0.6 is 0 Å². The Morgan fingerprint density at radius 2 is 1.88 bits per heavy atom. The maximum atomic E-state index is 12.2. The Labute approximate surface area is 140 Å². The lowest BCUT2D eigenvalue weighted by atomic mass is 10.0. The van der Waals surface area contributed by atoms with Crippen LogP contribution in [0, 0.1) is 6.92 Å². The van der Waals surface area contributed by atoms with Gasteiger partial charge in [0.15, 0.2) is 0 Å². The summed E-state index contributed by atoms with van der Waals surface area (Å²) in [7, 11) is 0. The summed E-state index contributed by atoms with van der Waals surface area (Å²) in [5.74, 6) is -1.80. The van der Waals surface area contributed by atoms with Gasteiger partial charge in [-0.05, 0) is 30.7 Å². The number of ether oxygens (including phenoxy) is 1. The molecular formula is C16H14F3NO5. The van der Waals surface area contributed by atoms with Gasteiger partial charge in [0.05, 0.1) is 24.3 Å². The molecule has 0 aliphatic rings. The van der Waals surface area contributed by atoms with E-state index in [-0.39, 0.29) is 5.56 Å². The zero-order valence-corrected chi connectivity index (χ0v) is 13.0. The minimum absolute atomic E-state index is 0.243. The van der Waals surface area contributed by atoms with Crippen molar-refractivity contribution in [3.05, 3.63) is 53.5 Å². The molecule has 25 heavy (non-hydrogen) atoms. The molecule has 0 aliphatic heterocycles. The number of rotatable bonds is 6. The van der Waals surface area contributed by atoms with Gasteiger partial charge in [-0.25, -0.2) is 0 Å². The van der Waals surface area contributed by atoms with Crippen LogP contribution in [-0.2, 0) is 4.79 Å². The highest BCUT2D eigenvalue weighted by molar-refractivity contribution is 5.95. The van der Waals surface area contributed by atoms with E-state index < -0.39 is 36.5 Å². The molecule has 0 saturated heterocycles. The summed E-state index contributed by atoms with van der Waals surface area (Å²) in [6.07, 6.45) is -3.95. The lowest BCUT2D eigenvalue weighted by molar-refractivity contribution is -0.274. The number of furan rings is 1. The Kier molecular flexibility index (Phi) is 5.35. The Morgan fingerprint density at radius 1 is 1.24 bits per heavy atom. The highest BCUT2D eigenvalue weighted by atomic mass is 19.4. The third-order valence-electron chi connectivity index (χ3n) is 3.30. The predicted octanol–water partition coefficient (Wildman–Crippen LogP) is 3.43. The highest BCUT2D eigenvalue weighted by Gasteiger charge is 2.31. The number of aryl methyl sites for hydroxylation is 1. The molecule has 1 aromatic carbocycles. The number of carboxylic acids is 1. The van der Waals surface area contributed by atoms with Gasteiger partial charge in [0.25, 0.3) is 5.91 Å². The quantitative estimate of drug-likeness (QED) is 0.827. The van der Waals surface area contributed by atoms with Gasteiger partial charge in [-0.1, -0.05) is 12.1 Å². The number of aliphatic carboxylic acids is 1. The van der Waals surface area contributed by atoms with Crippen molar-refractivity contribution in [1.82, 2.24) is 5.32 Å². The number of carbonyl (C=O) groups is 2. The topological polar surface area (TPSA) is 88.8 Å². The monoisotopic (exact) mass is 357 g/mol. The van der Waals surface area contributed by atoms with Crippen molar-refractivity contribution in [2.75, 3.05) is 0 Å². The number of carboxylic acid groups (broad SMARTS) is 1. The highest BCUT2D eigenvalue weighted by Crippen LogP contribution is 2.26. The second-order valence-electron chi connectivity index (χ2n) is 5.13. The summed E-state index contributed by atoms with van der Waals surface area (Å²) in [6.45, 7) is 1.57. The van der Waals surface area contributed by atoms with Gasteiger partial charge in [0, 0.05) is 0 Å². The van der Waals surface area contributed by atoms with Crippen LogP contribution in [0.1, 0.15) is 34.1 Å². The number of benzene rings is 1. The molecule has 0 saturated carbocycles. The number of nitrogens with one attached hydrogen (secondary N) is 1. The van der Waals surface area contributed by atoms with E-state index in [4.69, 9.17) is 9.52 Å². The molecule has 2 aromatic rings. The summed E-state index contributed by atoms with van der Waals surface area (Å²) >= 11 is 0. The lowest BCUT2D eigenvalue weighted by Crippen LogP contribution is -2.30. The molecule has 6 nitrogen and oxygen atoms in total. The minimum Gasteiger partial charge on any atom is -0.481 e. The molecule has 9 heteroatoms. The lowest BCUT2D eigenvalue weighted by Gasteiger charge is -2.18. The summed E-state index contributed by atoms with van der Waals surface area (Å²) in [6, 6.07) is 5.12. The predicted molar refractivity (Wildman–Crippen MR) is 79.0 cm³/mol. The van der Waals surface area contributed by atoms with Crippen LogP contribution in [0.3, 0.4) is 0 Å². The molecule has 2 rings (SSSR count). The third kappa shape index (κ3) is 5.27. The van der Waals surface area contributed by atoms with Gasteiger partial charge in [-0.3, -0.25) is 9.59 Å². The Morgan fingerprint density at radius 3 is 2.36 bits per heavy atom. The molecular weight excluding hydrogens is 343 g/mol. The van der Waals surface area contributed by atoms with Crippen molar-refractivity contribution in [2.24, 2.45) is 0 Å². The van der Waals surface area contributed by atoms with Crippen LogP contribution in [0.15, 0.2) is 41.0 Å². The van der Waals surface area contributed by atoms with E-state index in [9.17, 15) is 22.8 Å². The Bertz CT molecular complexity index is 752. The van der Waals surface area contributed by atoms with Crippen molar-refractivity contribution in [3.8, 4) is 5.75 Å². The molecule has 1 atom stereocenters. The average molecular weight is 357 g/mol. The SMILES string of the molecule is Cc1occc1C(=O)NC(CC(=O)O)c1ccc(OC(F)(F)F)cc1. The number of amides is 1. The van der Waals surface area contributed by atoms with E-state index in [1.54, 1.807) is 6.92 Å². The number of alkyl halides is 3. The molecule has 0 bridgehead atoms. The van der Waals surface area contributed by atoms with E-state index in [1.165, 1.54) is 24.5 Å². The van der Waals surface area contributed by atoms with E-state index in [2.05, 4.69) is 10.1 Å². The van der Waals surface area contributed by atoms with E-state index >= 15 is 0 Å². The minimum atomic E-state index is -4.82. The van der Waals surface area contributed by atoms with Gasteiger partial charge in [-0.2, -0.15) is 0 Å². The molecule has 134 valence electrons. The first-order chi connectivity index (χ1) is 11.7. The molecule has 0 fully saturated rings. The maximum absolute atomic E-state index is 12.2. The molecule has 0 radical (unpaired) electrons. The first-order valence-corrected chi connectivity index (χ1v) is 7.08. The number of hydrogen-bond donors (Lipinski definition) is 2. The van der Waals surface area contributed by atoms with Crippen LogP contribution in [0.5, 0.6) is 5.75 Å². The third-order valence-corrected chi connectivity index (χ3v) is 3.30. The zero-order valence-electron chi connectivity index (χ0n) is 13.0. The molecule has 1 unspecified atom stereocenters. The van der Waals surface area contributed by atoms with Crippen molar-refractivity contribution in [3.63, 3.8) is 0 Å². The molecule has 1 aromatic heterocycles. The Balaban J connectivity index is 2.18. The first-order valence-electron chi connectivity index (χ1n) is 7.08. The first kappa shape index (κ1) is 18.4. The zero-order chi connectivity index (χ0) is 18.6. The summed E-state index contributed by atoms with van der Waals surface area (Å²) in [5, 5.41) is 11.5. The van der Waals surface area contributed by atoms with Crippen LogP contribution in [0.4, 0.5) is 13.2 Å². The summed E-state index contributed by atoms with van der Waals surface area (Å²) in [5.41, 5.74) is 0.568. The average Bonchev–Trinajstić information content (AvgIpc) is 2.91. The van der Waals surface area contributed by atoms with Gasteiger partial charge >= 0.3 is 12.3 Å². The second kappa shape index (κ2) is 7.29. The van der Waals surface area contributed by atoms with Gasteiger partial charge in [0.1, 0.15) is 11.5 Å². The maximum Gasteiger partial charge on any atom is 0.573 e. The van der Waals surface area contributed by atoms with Crippen molar-refractivity contribution in [2.45, 2.75) is 25.7 Å². The molecule has 0 aliphatic carbocycles. The summed E-state index contributed by atoms with van der Waals surface area (Å²) < 4.78 is 45.3. The largest absolute Gasteiger partial charge is 0.573 e. The normalized spacial score (nSPS) is 12.5. The molecule has 2 N–H and O–H groups in total. The van der Waals surface area contributed by atoms with Crippen molar-refractivity contribution < 1.29 is 37.0 Å². The van der Waals surface area contributed by atoms with Crippen molar-refractivity contribution >= 4 is 11.9 Å². The fourth-order valence-corrected chi connectivity index (χ4v) is 2.19. The van der Waals surface area contributed by atoms with Crippen LogP contribution in [0.2, 0.25) is 0 Å². The molecule has 1 amide bonds.